The summed E-state index contributed by atoms with van der Waals surface area (Å²) >= 11 is 0. The molecule has 0 saturated carbocycles. The summed E-state index contributed by atoms with van der Waals surface area (Å²) in [5, 5.41) is 14.5. The molecule has 2 heterocycles. The van der Waals surface area contributed by atoms with E-state index in [9.17, 15) is 0 Å². The molecule has 7 heteroatoms. The van der Waals surface area contributed by atoms with E-state index in [0.29, 0.717) is 6.04 Å². The molecule has 0 aromatic carbocycles. The number of guanidine groups is 1. The van der Waals surface area contributed by atoms with Gasteiger partial charge in [-0.2, -0.15) is 5.10 Å². The van der Waals surface area contributed by atoms with Crippen molar-refractivity contribution in [3.05, 3.63) is 12.2 Å². The molecular formula is C15H29N7. The van der Waals surface area contributed by atoms with E-state index < -0.39 is 0 Å². The smallest absolute Gasteiger partial charge is 0.191 e. The van der Waals surface area contributed by atoms with Crippen LogP contribution in [-0.4, -0.2) is 51.9 Å². The van der Waals surface area contributed by atoms with Crippen molar-refractivity contribution in [2.45, 2.75) is 58.7 Å². The fourth-order valence-electron chi connectivity index (χ4n) is 2.47. The summed E-state index contributed by atoms with van der Waals surface area (Å²) in [7, 11) is 0. The van der Waals surface area contributed by atoms with Crippen LogP contribution in [0.5, 0.6) is 0 Å². The van der Waals surface area contributed by atoms with Crippen molar-refractivity contribution in [3.63, 3.8) is 0 Å². The fraction of sp³-hybridized carbons (Fsp3) is 0.800. The molecule has 1 aliphatic rings. The normalized spacial score (nSPS) is 18.9. The van der Waals surface area contributed by atoms with Gasteiger partial charge in [-0.25, -0.2) is 9.67 Å². The summed E-state index contributed by atoms with van der Waals surface area (Å²) in [6.07, 6.45) is 3.65. The Hall–Kier alpha value is -1.63. The van der Waals surface area contributed by atoms with Crippen LogP contribution < -0.4 is 16.0 Å². The molecule has 0 radical (unpaired) electrons. The van der Waals surface area contributed by atoms with E-state index in [1.807, 2.05) is 4.68 Å². The maximum absolute atomic E-state index is 4.64. The Labute approximate surface area is 133 Å². The summed E-state index contributed by atoms with van der Waals surface area (Å²) in [5.41, 5.74) is 0.133. The third-order valence-corrected chi connectivity index (χ3v) is 3.53. The molecule has 0 bridgehead atoms. The Morgan fingerprint density at radius 1 is 1.45 bits per heavy atom. The number of aliphatic imine (C=N–C) groups is 1. The van der Waals surface area contributed by atoms with Crippen LogP contribution >= 0.6 is 0 Å². The average Bonchev–Trinajstić information content (AvgIpc) is 2.90. The molecule has 0 amide bonds. The highest BCUT2D eigenvalue weighted by Crippen LogP contribution is 2.11. The number of nitrogens with zero attached hydrogens (tertiary/aromatic N) is 4. The first-order chi connectivity index (χ1) is 10.5. The van der Waals surface area contributed by atoms with Gasteiger partial charge in [0.2, 0.25) is 0 Å². The number of hydrogen-bond acceptors (Lipinski definition) is 4. The van der Waals surface area contributed by atoms with Gasteiger partial charge in [-0.15, -0.1) is 0 Å². The zero-order valence-electron chi connectivity index (χ0n) is 14.2. The van der Waals surface area contributed by atoms with Crippen LogP contribution in [0.1, 0.15) is 39.9 Å². The molecule has 1 aromatic rings. The second-order valence-electron chi connectivity index (χ2n) is 6.68. The molecule has 22 heavy (non-hydrogen) atoms. The molecule has 7 nitrogen and oxygen atoms in total. The van der Waals surface area contributed by atoms with Crippen LogP contribution in [0.3, 0.4) is 0 Å². The van der Waals surface area contributed by atoms with Crippen molar-refractivity contribution in [1.82, 2.24) is 30.7 Å². The zero-order valence-corrected chi connectivity index (χ0v) is 14.2. The Morgan fingerprint density at radius 2 is 2.27 bits per heavy atom. The summed E-state index contributed by atoms with van der Waals surface area (Å²) in [4.78, 5) is 8.90. The summed E-state index contributed by atoms with van der Waals surface area (Å²) in [5.74, 6) is 1.96. The van der Waals surface area contributed by atoms with Gasteiger partial charge in [-0.3, -0.25) is 4.99 Å². The van der Waals surface area contributed by atoms with E-state index in [-0.39, 0.29) is 5.54 Å². The number of aromatic nitrogens is 3. The highest BCUT2D eigenvalue weighted by molar-refractivity contribution is 5.80. The van der Waals surface area contributed by atoms with Crippen molar-refractivity contribution < 1.29 is 0 Å². The molecule has 1 atom stereocenters. The second kappa shape index (κ2) is 7.58. The first kappa shape index (κ1) is 16.7. The van der Waals surface area contributed by atoms with Crippen LogP contribution in [0.2, 0.25) is 0 Å². The van der Waals surface area contributed by atoms with Gasteiger partial charge in [-0.1, -0.05) is 0 Å². The summed E-state index contributed by atoms with van der Waals surface area (Å²) in [6, 6.07) is 0.350. The molecule has 0 saturated heterocycles. The molecule has 0 aliphatic carbocycles. The molecule has 1 unspecified atom stereocenters. The van der Waals surface area contributed by atoms with Crippen molar-refractivity contribution in [3.8, 4) is 0 Å². The number of fused-ring (bicyclic) bond motifs is 1. The van der Waals surface area contributed by atoms with E-state index >= 15 is 0 Å². The standard InChI is InChI=1S/C15H29N7/c1-5-16-14(17-8-9-19-15(2,3)4)21-12-6-7-13-18-11-20-22(13)10-12/h11-12,19H,5-10H2,1-4H3,(H2,16,17,21). The first-order valence-electron chi connectivity index (χ1n) is 8.14. The van der Waals surface area contributed by atoms with Gasteiger partial charge in [0.1, 0.15) is 12.2 Å². The van der Waals surface area contributed by atoms with E-state index in [2.05, 4.69) is 58.7 Å². The largest absolute Gasteiger partial charge is 0.357 e. The zero-order chi connectivity index (χ0) is 16.0. The third kappa shape index (κ3) is 5.29. The Bertz CT molecular complexity index is 486. The molecule has 3 N–H and O–H groups in total. The summed E-state index contributed by atoms with van der Waals surface area (Å²) < 4.78 is 1.98. The lowest BCUT2D eigenvalue weighted by atomic mass is 10.1. The number of hydrogen-bond donors (Lipinski definition) is 3. The number of aryl methyl sites for hydroxylation is 1. The molecule has 1 aliphatic heterocycles. The number of nitrogens with one attached hydrogen (secondary N) is 3. The van der Waals surface area contributed by atoms with Crippen molar-refractivity contribution in [1.29, 1.82) is 0 Å². The predicted octanol–water partition coefficient (Wildman–Crippen LogP) is 0.536. The lowest BCUT2D eigenvalue weighted by Crippen LogP contribution is -2.47. The highest BCUT2D eigenvalue weighted by atomic mass is 15.4. The Kier molecular flexibility index (Phi) is 5.76. The minimum atomic E-state index is 0.133. The Morgan fingerprint density at radius 3 is 3.00 bits per heavy atom. The predicted molar refractivity (Wildman–Crippen MR) is 89.0 cm³/mol. The Balaban J connectivity index is 1.83. The minimum Gasteiger partial charge on any atom is -0.357 e. The third-order valence-electron chi connectivity index (χ3n) is 3.53. The van der Waals surface area contributed by atoms with Crippen molar-refractivity contribution in [2.24, 2.45) is 4.99 Å². The second-order valence-corrected chi connectivity index (χ2v) is 6.68. The minimum absolute atomic E-state index is 0.133. The summed E-state index contributed by atoms with van der Waals surface area (Å²) in [6.45, 7) is 11.9. The van der Waals surface area contributed by atoms with E-state index in [0.717, 1.165) is 50.8 Å². The first-order valence-corrected chi connectivity index (χ1v) is 8.14. The topological polar surface area (TPSA) is 79.2 Å². The van der Waals surface area contributed by atoms with Crippen molar-refractivity contribution in [2.75, 3.05) is 19.6 Å². The van der Waals surface area contributed by atoms with Crippen LogP contribution in [0.4, 0.5) is 0 Å². The van der Waals surface area contributed by atoms with Crippen LogP contribution in [-0.2, 0) is 13.0 Å². The molecule has 0 spiro atoms. The van der Waals surface area contributed by atoms with Gasteiger partial charge in [0.15, 0.2) is 5.96 Å². The lowest BCUT2D eigenvalue weighted by Gasteiger charge is -2.25. The molecule has 2 rings (SSSR count). The molecule has 0 fully saturated rings. The van der Waals surface area contributed by atoms with E-state index in [1.165, 1.54) is 0 Å². The molecular weight excluding hydrogens is 278 g/mol. The van der Waals surface area contributed by atoms with Gasteiger partial charge in [0.25, 0.3) is 0 Å². The lowest BCUT2D eigenvalue weighted by molar-refractivity contribution is 0.392. The van der Waals surface area contributed by atoms with Crippen LogP contribution in [0, 0.1) is 0 Å². The number of rotatable bonds is 5. The van der Waals surface area contributed by atoms with Crippen LogP contribution in [0.15, 0.2) is 11.3 Å². The van der Waals surface area contributed by atoms with Gasteiger partial charge in [-0.05, 0) is 34.1 Å². The van der Waals surface area contributed by atoms with E-state index in [4.69, 9.17) is 0 Å². The average molecular weight is 307 g/mol. The maximum Gasteiger partial charge on any atom is 0.191 e. The fourth-order valence-corrected chi connectivity index (χ4v) is 2.47. The van der Waals surface area contributed by atoms with Crippen LogP contribution in [0.25, 0.3) is 0 Å². The van der Waals surface area contributed by atoms with E-state index in [1.54, 1.807) is 6.33 Å². The van der Waals surface area contributed by atoms with Gasteiger partial charge in [0, 0.05) is 31.1 Å². The van der Waals surface area contributed by atoms with Gasteiger partial charge >= 0.3 is 0 Å². The highest BCUT2D eigenvalue weighted by Gasteiger charge is 2.20. The molecule has 124 valence electrons. The van der Waals surface area contributed by atoms with Gasteiger partial charge in [0.05, 0.1) is 13.1 Å². The monoisotopic (exact) mass is 307 g/mol. The quantitative estimate of drug-likeness (QED) is 0.420. The molecule has 1 aromatic heterocycles. The van der Waals surface area contributed by atoms with Gasteiger partial charge < -0.3 is 16.0 Å². The maximum atomic E-state index is 4.64. The SMILES string of the molecule is CCNC(=NCCNC(C)(C)C)NC1CCc2ncnn2C1. The van der Waals surface area contributed by atoms with Crippen molar-refractivity contribution >= 4 is 5.96 Å².